The second-order valence-corrected chi connectivity index (χ2v) is 1.88. The summed E-state index contributed by atoms with van der Waals surface area (Å²) in [6.45, 7) is 1.71. The van der Waals surface area contributed by atoms with Crippen molar-refractivity contribution < 1.29 is 9.13 Å². The highest BCUT2D eigenvalue weighted by Crippen LogP contribution is 1.91. The van der Waals surface area contributed by atoms with Crippen LogP contribution in [0.25, 0.3) is 0 Å². The fraction of sp³-hybridized carbons (Fsp3) is 1.00. The van der Waals surface area contributed by atoms with Gasteiger partial charge in [0.2, 0.25) is 0 Å². The van der Waals surface area contributed by atoms with E-state index in [2.05, 4.69) is 5.32 Å². The Morgan fingerprint density at radius 3 is 2.78 bits per heavy atom. The zero-order chi connectivity index (χ0) is 5.82. The maximum absolute atomic E-state index is 11.7. The molecule has 1 aliphatic heterocycles. The minimum absolute atomic E-state index is 0. The molecule has 0 unspecified atom stereocenters. The molecule has 1 fully saturated rings. The maximum Gasteiger partial charge on any atom is 0.107 e. The summed E-state index contributed by atoms with van der Waals surface area (Å²) in [7, 11) is 0. The highest BCUT2D eigenvalue weighted by Gasteiger charge is 2.10. The molecule has 0 bridgehead atoms. The Kier molecular flexibility index (Phi) is 5.04. The Bertz CT molecular complexity index is 68.0. The topological polar surface area (TPSA) is 21.3 Å². The molecule has 0 aromatic heterocycles. The maximum atomic E-state index is 11.7. The molecule has 1 heterocycles. The molecule has 9 heavy (non-hydrogen) atoms. The Balaban J connectivity index is 0.000000640. The summed E-state index contributed by atoms with van der Waals surface area (Å²) in [5.41, 5.74) is 0. The number of ether oxygens (including phenoxy) is 1. The lowest BCUT2D eigenvalue weighted by Gasteiger charge is -2.20. The van der Waals surface area contributed by atoms with Gasteiger partial charge in [0.05, 0.1) is 19.3 Å². The van der Waals surface area contributed by atoms with E-state index < -0.39 is 0 Å². The van der Waals surface area contributed by atoms with Crippen LogP contribution in [0.15, 0.2) is 0 Å². The van der Waals surface area contributed by atoms with E-state index in [1.165, 1.54) is 0 Å². The minimum atomic E-state index is -0.319. The van der Waals surface area contributed by atoms with Crippen LogP contribution in [0.4, 0.5) is 4.39 Å². The van der Waals surface area contributed by atoms with Gasteiger partial charge in [-0.25, -0.2) is 4.39 Å². The molecule has 0 amide bonds. The third kappa shape index (κ3) is 2.98. The van der Waals surface area contributed by atoms with Crippen LogP contribution in [0.5, 0.6) is 0 Å². The predicted octanol–water partition coefficient (Wildman–Crippen LogP) is 0.366. The summed E-state index contributed by atoms with van der Waals surface area (Å²) >= 11 is 0. The van der Waals surface area contributed by atoms with Gasteiger partial charge in [-0.15, -0.1) is 12.4 Å². The van der Waals surface area contributed by atoms with E-state index in [9.17, 15) is 4.39 Å². The molecule has 1 N–H and O–H groups in total. The summed E-state index contributed by atoms with van der Waals surface area (Å²) in [5, 5.41) is 2.97. The van der Waals surface area contributed by atoms with Gasteiger partial charge in [0.25, 0.3) is 0 Å². The van der Waals surface area contributed by atoms with Crippen molar-refractivity contribution in [2.75, 3.05) is 26.4 Å². The van der Waals surface area contributed by atoms with Crippen molar-refractivity contribution in [2.24, 2.45) is 0 Å². The second kappa shape index (κ2) is 4.97. The average Bonchev–Trinajstić information content (AvgIpc) is 1.90. The van der Waals surface area contributed by atoms with Gasteiger partial charge in [0.15, 0.2) is 0 Å². The smallest absolute Gasteiger partial charge is 0.107 e. The van der Waals surface area contributed by atoms with Gasteiger partial charge in [0.1, 0.15) is 6.67 Å². The van der Waals surface area contributed by atoms with Gasteiger partial charge in [-0.3, -0.25) is 0 Å². The summed E-state index contributed by atoms with van der Waals surface area (Å²) < 4.78 is 16.7. The van der Waals surface area contributed by atoms with Crippen LogP contribution in [-0.2, 0) is 4.74 Å². The van der Waals surface area contributed by atoms with E-state index in [-0.39, 0.29) is 25.1 Å². The molecule has 0 spiro atoms. The zero-order valence-electron chi connectivity index (χ0n) is 5.10. The van der Waals surface area contributed by atoms with Crippen LogP contribution in [-0.4, -0.2) is 32.5 Å². The van der Waals surface area contributed by atoms with Crippen molar-refractivity contribution in [1.82, 2.24) is 5.32 Å². The van der Waals surface area contributed by atoms with Crippen molar-refractivity contribution in [3.05, 3.63) is 0 Å². The van der Waals surface area contributed by atoms with Gasteiger partial charge < -0.3 is 10.1 Å². The molecule has 0 radical (unpaired) electrons. The third-order valence-corrected chi connectivity index (χ3v) is 1.18. The number of hydrogen-bond donors (Lipinski definition) is 1. The van der Waals surface area contributed by atoms with Gasteiger partial charge in [0, 0.05) is 6.54 Å². The van der Waals surface area contributed by atoms with Crippen LogP contribution in [0.2, 0.25) is 0 Å². The molecule has 1 atom stereocenters. The molecule has 0 aromatic rings. The van der Waals surface area contributed by atoms with E-state index in [4.69, 9.17) is 4.74 Å². The third-order valence-electron chi connectivity index (χ3n) is 1.18. The molecule has 0 saturated carbocycles. The van der Waals surface area contributed by atoms with Crippen molar-refractivity contribution in [1.29, 1.82) is 0 Å². The van der Waals surface area contributed by atoms with E-state index in [1.54, 1.807) is 0 Å². The first kappa shape index (κ1) is 9.14. The lowest BCUT2D eigenvalue weighted by atomic mass is 10.3. The highest BCUT2D eigenvalue weighted by atomic mass is 35.5. The number of hydrogen-bond acceptors (Lipinski definition) is 2. The first-order valence-electron chi connectivity index (χ1n) is 2.80. The average molecular weight is 156 g/mol. The number of morpholine rings is 1. The fourth-order valence-corrected chi connectivity index (χ4v) is 0.719. The number of nitrogens with one attached hydrogen (secondary N) is 1. The quantitative estimate of drug-likeness (QED) is 0.591. The predicted molar refractivity (Wildman–Crippen MR) is 35.8 cm³/mol. The van der Waals surface area contributed by atoms with Gasteiger partial charge >= 0.3 is 0 Å². The normalized spacial score (nSPS) is 27.0. The molecule has 56 valence electrons. The van der Waals surface area contributed by atoms with E-state index in [1.807, 2.05) is 0 Å². The molecule has 1 aliphatic rings. The summed E-state index contributed by atoms with van der Waals surface area (Å²) in [6, 6.07) is -0.0521. The molecule has 1 rings (SSSR count). The lowest BCUT2D eigenvalue weighted by Crippen LogP contribution is -2.42. The monoisotopic (exact) mass is 155 g/mol. The zero-order valence-corrected chi connectivity index (χ0v) is 5.92. The molecule has 2 nitrogen and oxygen atoms in total. The molecular formula is C5H11ClFNO. The lowest BCUT2D eigenvalue weighted by molar-refractivity contribution is 0.0684. The minimum Gasteiger partial charge on any atom is -0.378 e. The van der Waals surface area contributed by atoms with Crippen LogP contribution >= 0.6 is 12.4 Å². The fourth-order valence-electron chi connectivity index (χ4n) is 0.719. The molecule has 1 saturated heterocycles. The summed E-state index contributed by atoms with van der Waals surface area (Å²) in [5.74, 6) is 0. The Hall–Kier alpha value is 0.140. The van der Waals surface area contributed by atoms with E-state index in [0.29, 0.717) is 6.61 Å². The van der Waals surface area contributed by atoms with Crippen LogP contribution in [0.3, 0.4) is 0 Å². The largest absolute Gasteiger partial charge is 0.378 e. The standard InChI is InChI=1S/C5H10FNO.ClH/c6-3-5-4-8-2-1-7-5;/h5,7H,1-4H2;1H/t5-;/m0./s1. The number of rotatable bonds is 1. The van der Waals surface area contributed by atoms with E-state index >= 15 is 0 Å². The van der Waals surface area contributed by atoms with E-state index in [0.717, 1.165) is 13.2 Å². The summed E-state index contributed by atoms with van der Waals surface area (Å²) in [4.78, 5) is 0. The van der Waals surface area contributed by atoms with Crippen molar-refractivity contribution in [2.45, 2.75) is 6.04 Å². The first-order chi connectivity index (χ1) is 3.93. The van der Waals surface area contributed by atoms with Crippen LogP contribution in [0, 0.1) is 0 Å². The SMILES string of the molecule is Cl.FC[C@H]1COCCN1. The molecule has 0 aliphatic carbocycles. The highest BCUT2D eigenvalue weighted by molar-refractivity contribution is 5.85. The Morgan fingerprint density at radius 1 is 1.67 bits per heavy atom. The van der Waals surface area contributed by atoms with Crippen molar-refractivity contribution >= 4 is 12.4 Å². The van der Waals surface area contributed by atoms with Crippen molar-refractivity contribution in [3.63, 3.8) is 0 Å². The first-order valence-corrected chi connectivity index (χ1v) is 2.80. The van der Waals surface area contributed by atoms with Crippen LogP contribution < -0.4 is 5.32 Å². The molecule has 0 aromatic carbocycles. The Morgan fingerprint density at radius 2 is 2.44 bits per heavy atom. The summed E-state index contributed by atoms with van der Waals surface area (Å²) in [6.07, 6.45) is 0. The number of alkyl halides is 1. The van der Waals surface area contributed by atoms with Gasteiger partial charge in [-0.05, 0) is 0 Å². The van der Waals surface area contributed by atoms with Crippen molar-refractivity contribution in [3.8, 4) is 0 Å². The van der Waals surface area contributed by atoms with Gasteiger partial charge in [-0.1, -0.05) is 0 Å². The molecular weight excluding hydrogens is 145 g/mol. The second-order valence-electron chi connectivity index (χ2n) is 1.88. The number of halogens is 2. The van der Waals surface area contributed by atoms with Gasteiger partial charge in [-0.2, -0.15) is 0 Å². The molecule has 4 heteroatoms. The van der Waals surface area contributed by atoms with Crippen LogP contribution in [0.1, 0.15) is 0 Å². The Labute approximate surface area is 60.2 Å².